The van der Waals surface area contributed by atoms with Crippen LogP contribution in [0.1, 0.15) is 138 Å². The fourth-order valence-corrected chi connectivity index (χ4v) is 24.2. The first kappa shape index (κ1) is 89.7. The highest BCUT2D eigenvalue weighted by Crippen LogP contribution is 2.38. The van der Waals surface area contributed by atoms with Gasteiger partial charge < -0.3 is 26.0 Å². The first-order valence-electron chi connectivity index (χ1n) is 38.7. The lowest BCUT2D eigenvalue weighted by atomic mass is 9.82. The SMILES string of the molecule is CN(C)S(=O)(=O)NCC1CCC(Nc2nc(-c3nccs3)cs2)CC1.Cc1ccc(S(=O)(=O)NCC2CCC(Nc3nc(-c4nc(C)sc4C)cs3)CC2)cc1.Cc1nc(-c2csc(NC3CCC(CNS(=O)(=O)N(C)C)CC3)n2)c(C)s1.Cc1nc(-c2csc(NCC3CCC(CNS(=O)(=O)N4CCOCC4)CC3)n2)c(C)s1. The summed E-state index contributed by atoms with van der Waals surface area (Å²) in [6, 6.07) is 8.14. The van der Waals surface area contributed by atoms with E-state index in [0.29, 0.717) is 105 Å². The molecule has 0 atom stereocenters. The van der Waals surface area contributed by atoms with Crippen molar-refractivity contribution in [3.8, 4) is 44.9 Å². The Labute approximate surface area is 705 Å². The second-order valence-electron chi connectivity index (χ2n) is 30.1. The topological polar surface area (TPSA) is 355 Å². The van der Waals surface area contributed by atoms with Crippen LogP contribution in [0.3, 0.4) is 0 Å². The van der Waals surface area contributed by atoms with Gasteiger partial charge in [0.25, 0.3) is 30.6 Å². The third-order valence-electron chi connectivity index (χ3n) is 21.0. The third kappa shape index (κ3) is 26.5. The minimum Gasteiger partial charge on any atom is -0.379 e. The highest BCUT2D eigenvalue weighted by Gasteiger charge is 2.31. The van der Waals surface area contributed by atoms with Crippen LogP contribution >= 0.6 is 90.7 Å². The van der Waals surface area contributed by atoms with Crippen molar-refractivity contribution in [3.63, 3.8) is 0 Å². The number of hydrogen-bond donors (Lipinski definition) is 8. The molecular formula is C74H109N19O9S12. The van der Waals surface area contributed by atoms with Crippen molar-refractivity contribution < 1.29 is 38.4 Å². The summed E-state index contributed by atoms with van der Waals surface area (Å²) in [5.74, 6) is 2.17. The normalized spacial score (nSPS) is 21.3. The summed E-state index contributed by atoms with van der Waals surface area (Å²) in [5.41, 5.74) is 7.76. The molecule has 114 heavy (non-hydrogen) atoms. The number of anilines is 4. The lowest BCUT2D eigenvalue weighted by Crippen LogP contribution is -2.47. The number of rotatable bonds is 29. The van der Waals surface area contributed by atoms with Gasteiger partial charge in [-0.05, 0) is 193 Å². The molecule has 4 saturated carbocycles. The average Bonchev–Trinajstić information content (AvgIpc) is 1.62. The zero-order valence-electron chi connectivity index (χ0n) is 66.6. The number of ether oxygens (including phenoxy) is 1. The van der Waals surface area contributed by atoms with E-state index in [1.165, 1.54) is 41.6 Å². The van der Waals surface area contributed by atoms with Crippen molar-refractivity contribution in [2.75, 3.05) is 108 Å². The van der Waals surface area contributed by atoms with Crippen LogP contribution in [0.2, 0.25) is 0 Å². The number of nitrogens with one attached hydrogen (secondary N) is 8. The van der Waals surface area contributed by atoms with Gasteiger partial charge in [-0.1, -0.05) is 17.7 Å². The Morgan fingerprint density at radius 1 is 0.421 bits per heavy atom. The molecule has 0 spiro atoms. The summed E-state index contributed by atoms with van der Waals surface area (Å²) < 4.78 is 117. The average molecular weight is 1790 g/mol. The van der Waals surface area contributed by atoms with Gasteiger partial charge in [0.2, 0.25) is 10.0 Å². The molecule has 0 bridgehead atoms. The highest BCUT2D eigenvalue weighted by atomic mass is 32.2. The molecule has 1 aromatic carbocycles. The summed E-state index contributed by atoms with van der Waals surface area (Å²) in [7, 11) is -7.32. The Balaban J connectivity index is 0.000000150. The summed E-state index contributed by atoms with van der Waals surface area (Å²) in [5, 5.41) is 32.2. The van der Waals surface area contributed by atoms with Crippen molar-refractivity contribution in [1.29, 1.82) is 0 Å². The van der Waals surface area contributed by atoms with Gasteiger partial charge in [-0.3, -0.25) is 0 Å². The number of benzene rings is 1. The smallest absolute Gasteiger partial charge is 0.279 e. The largest absolute Gasteiger partial charge is 0.379 e. The van der Waals surface area contributed by atoms with Crippen molar-refractivity contribution in [3.05, 3.63) is 92.6 Å². The standard InChI is InChI=1S/C22H28N4O2S3.C20H31N5O3S3.C17H27N5O2S3.C15H23N5O2S3/c1-14-4-10-19(11-5-14)31(27,28)23-12-17-6-8-18(9-7-17)25-22-26-20(13-29-22)21-15(2)30-16(3)24-21;1-14-19(23-15(2)30-14)18-13-29-20(24-18)21-11-16-3-5-17(6-4-16)12-22-31(26,27)25-7-9-28-10-8-25;1-11-16(19-12(2)26-11)15-10-25-17(21-15)20-14-7-5-13(6-8-14)9-18-27(23,24)22(3)4;1-20(2)25(21,22)17-9-11-3-5-12(6-4-11)18-15-19-13(10-24-15)14-16-7-8-23-14/h4-5,10-11,13,17-18,23H,6-9,12H2,1-3H3,(H,25,26);13,16-17,22H,3-12H2,1-2H3,(H,21,24);10,13-14,18H,5-9H2,1-4H3,(H,20,21);7-8,10-12,17H,3-6,9H2,1-2H3,(H,18,19). The second-order valence-corrected chi connectivity index (χ2v) is 46.1. The van der Waals surface area contributed by atoms with Crippen LogP contribution < -0.4 is 40.2 Å². The molecule has 0 radical (unpaired) electrons. The lowest BCUT2D eigenvalue weighted by Gasteiger charge is -2.30. The lowest BCUT2D eigenvalue weighted by molar-refractivity contribution is 0.0724. The number of nitrogens with zero attached hydrogens (tertiary/aromatic N) is 11. The van der Waals surface area contributed by atoms with E-state index in [9.17, 15) is 33.7 Å². The van der Waals surface area contributed by atoms with E-state index in [4.69, 9.17) is 19.7 Å². The zero-order valence-corrected chi connectivity index (χ0v) is 76.4. The van der Waals surface area contributed by atoms with E-state index in [1.807, 2.05) is 50.6 Å². The van der Waals surface area contributed by atoms with Crippen LogP contribution in [0.5, 0.6) is 0 Å². The maximum Gasteiger partial charge on any atom is 0.279 e. The zero-order chi connectivity index (χ0) is 81.3. The van der Waals surface area contributed by atoms with Crippen LogP contribution in [0, 0.1) is 78.1 Å². The van der Waals surface area contributed by atoms with Gasteiger partial charge in [0.15, 0.2) is 20.5 Å². The van der Waals surface area contributed by atoms with Crippen molar-refractivity contribution in [1.82, 2.24) is 71.7 Å². The minimum atomic E-state index is -3.44. The van der Waals surface area contributed by atoms with E-state index in [0.717, 1.165) is 195 Å². The molecule has 9 heterocycles. The summed E-state index contributed by atoms with van der Waals surface area (Å²) in [6.07, 6.45) is 18.3. The molecule has 4 aliphatic carbocycles. The molecule has 1 aliphatic heterocycles. The number of sulfonamides is 1. The highest BCUT2D eigenvalue weighted by molar-refractivity contribution is 7.89. The Kier molecular flexibility index (Phi) is 32.9. The second kappa shape index (κ2) is 41.8. The van der Waals surface area contributed by atoms with E-state index in [1.54, 1.807) is 123 Å². The third-order valence-corrected chi connectivity index (χ3v) is 33.5. The summed E-state index contributed by atoms with van der Waals surface area (Å²) in [6.45, 7) is 19.0. The van der Waals surface area contributed by atoms with Gasteiger partial charge in [-0.15, -0.1) is 90.7 Å². The summed E-state index contributed by atoms with van der Waals surface area (Å²) >= 11 is 13.2. The number of morpholine rings is 1. The van der Waals surface area contributed by atoms with E-state index in [2.05, 4.69) is 102 Å². The van der Waals surface area contributed by atoms with Gasteiger partial charge in [-0.25, -0.2) is 67.2 Å². The fraction of sp³-hybridized carbons (Fsp3) is 0.595. The van der Waals surface area contributed by atoms with Crippen LogP contribution in [-0.4, -0.2) is 192 Å². The predicted octanol–water partition coefficient (Wildman–Crippen LogP) is 14.3. The molecule has 5 fully saturated rings. The predicted molar refractivity (Wildman–Crippen MR) is 470 cm³/mol. The first-order chi connectivity index (χ1) is 54.4. The molecule has 626 valence electrons. The first-order valence-corrected chi connectivity index (χ1v) is 51.4. The van der Waals surface area contributed by atoms with Gasteiger partial charge in [0.05, 0.1) is 33.1 Å². The van der Waals surface area contributed by atoms with Crippen molar-refractivity contribution in [2.45, 2.75) is 174 Å². The van der Waals surface area contributed by atoms with Crippen molar-refractivity contribution >= 4 is 152 Å². The molecule has 8 aromatic heterocycles. The van der Waals surface area contributed by atoms with E-state index < -0.39 is 40.7 Å². The molecule has 1 saturated heterocycles. The maximum absolute atomic E-state index is 12.5. The van der Waals surface area contributed by atoms with Gasteiger partial charge in [-0.2, -0.15) is 38.2 Å². The number of hydrogen-bond acceptors (Lipinski definition) is 29. The molecular weight excluding hydrogens is 1680 g/mol. The van der Waals surface area contributed by atoms with E-state index >= 15 is 0 Å². The molecule has 8 N–H and O–H groups in total. The van der Waals surface area contributed by atoms with Crippen LogP contribution in [0.4, 0.5) is 20.5 Å². The Hall–Kier alpha value is -5.06. The molecule has 0 unspecified atom stereocenters. The monoisotopic (exact) mass is 1790 g/mol. The maximum atomic E-state index is 12.5. The van der Waals surface area contributed by atoms with Crippen molar-refractivity contribution in [2.24, 2.45) is 29.6 Å². The van der Waals surface area contributed by atoms with E-state index in [-0.39, 0.29) is 0 Å². The Morgan fingerprint density at radius 3 is 1.15 bits per heavy atom. The quantitative estimate of drug-likeness (QED) is 0.0216. The fourth-order valence-electron chi connectivity index (χ4n) is 14.2. The molecule has 9 aromatic rings. The Morgan fingerprint density at radius 2 is 0.772 bits per heavy atom. The summed E-state index contributed by atoms with van der Waals surface area (Å²) in [4.78, 5) is 40.8. The molecule has 28 nitrogen and oxygen atoms in total. The Bertz CT molecular complexity index is 4950. The molecule has 0 amide bonds. The number of thiazole rings is 8. The minimum absolute atomic E-state index is 0.332. The van der Waals surface area contributed by atoms with Crippen LogP contribution in [-0.2, 0) is 45.4 Å². The number of aromatic nitrogens is 8. The van der Waals surface area contributed by atoms with Gasteiger partial charge in [0, 0.05) is 140 Å². The van der Waals surface area contributed by atoms with Gasteiger partial charge >= 0.3 is 0 Å². The molecule has 5 aliphatic rings. The molecule has 40 heteroatoms. The number of aryl methyl sites for hydroxylation is 7. The van der Waals surface area contributed by atoms with Gasteiger partial charge in [0.1, 0.15) is 44.9 Å². The van der Waals surface area contributed by atoms with Crippen LogP contribution in [0.25, 0.3) is 44.9 Å². The molecule has 14 rings (SSSR count). The van der Waals surface area contributed by atoms with Crippen LogP contribution in [0.15, 0.2) is 62.3 Å².